The monoisotopic (exact) mass is 340 g/mol. The van der Waals surface area contributed by atoms with Crippen molar-refractivity contribution >= 4 is 23.4 Å². The lowest BCUT2D eigenvalue weighted by molar-refractivity contribution is -0.342. The van der Waals surface area contributed by atoms with Crippen molar-refractivity contribution in [2.75, 3.05) is 29.5 Å². The molecule has 0 radical (unpaired) electrons. The number of rotatable bonds is 5. The zero-order valence-electron chi connectivity index (χ0n) is 13.4. The highest BCUT2D eigenvalue weighted by Gasteiger charge is 2.39. The third-order valence-corrected chi connectivity index (χ3v) is 4.93. The van der Waals surface area contributed by atoms with Gasteiger partial charge in [0.05, 0.1) is 13.2 Å². The van der Waals surface area contributed by atoms with Gasteiger partial charge in [-0.15, -0.1) is 0 Å². The van der Waals surface area contributed by atoms with E-state index in [2.05, 4.69) is 15.6 Å². The fraction of sp³-hybridized carbons (Fsp3) is 0.625. The summed E-state index contributed by atoms with van der Waals surface area (Å²) in [4.78, 5) is 14.5. The number of nitrogens with two attached hydrogens (primary N) is 1. The maximum atomic E-state index is 11.4. The van der Waals surface area contributed by atoms with Crippen molar-refractivity contribution in [2.45, 2.75) is 32.6 Å². The Balaban J connectivity index is 0.00000192. The Morgan fingerprint density at radius 3 is 2.83 bits per heavy atom. The van der Waals surface area contributed by atoms with Gasteiger partial charge in [-0.05, 0) is 50.0 Å². The molecule has 6 nitrogen and oxygen atoms in total. The van der Waals surface area contributed by atoms with E-state index in [1.807, 2.05) is 6.07 Å². The first-order valence-corrected chi connectivity index (χ1v) is 8.15. The first kappa shape index (κ1) is 17.7. The van der Waals surface area contributed by atoms with E-state index in [9.17, 15) is 4.79 Å². The van der Waals surface area contributed by atoms with E-state index in [1.54, 1.807) is 13.0 Å². The molecule has 3 rings (SSSR count). The molecule has 2 saturated carbocycles. The van der Waals surface area contributed by atoms with Crippen molar-refractivity contribution in [1.29, 1.82) is 0 Å². The number of carbonyl (C=O) groups is 1. The molecule has 3 unspecified atom stereocenters. The Bertz CT molecular complexity index is 555. The van der Waals surface area contributed by atoms with Crippen molar-refractivity contribution in [1.82, 2.24) is 0 Å². The standard InChI is InChI=1S/C16H24N4O2.ClH/c1-2-22-16(21)19-13-5-6-14(20-15(13)17)18-9-12-8-10-3-4-11(12)7-10;/h5-6,10-12H,2-4,7-9H2,1H3,(H,19,21)(H3,17,18,20);1H. The number of hydrogen-bond acceptors (Lipinski definition) is 4. The van der Waals surface area contributed by atoms with Crippen LogP contribution in [-0.4, -0.2) is 19.2 Å². The van der Waals surface area contributed by atoms with Gasteiger partial charge in [0.15, 0.2) is 0 Å². The summed E-state index contributed by atoms with van der Waals surface area (Å²) in [6.45, 7) is 3.08. The highest BCUT2D eigenvalue weighted by atomic mass is 35.5. The third kappa shape index (κ3) is 4.19. The van der Waals surface area contributed by atoms with E-state index in [0.717, 1.165) is 30.1 Å². The lowest BCUT2D eigenvalue weighted by Crippen LogP contribution is -3.00. The first-order valence-electron chi connectivity index (χ1n) is 8.15. The number of H-pyrrole nitrogens is 1. The Labute approximate surface area is 143 Å². The van der Waals surface area contributed by atoms with Crippen LogP contribution in [0.3, 0.4) is 0 Å². The van der Waals surface area contributed by atoms with Gasteiger partial charge >= 0.3 is 6.09 Å². The lowest BCUT2D eigenvalue weighted by Gasteiger charge is -2.20. The molecule has 0 aromatic carbocycles. The zero-order chi connectivity index (χ0) is 15.5. The highest BCUT2D eigenvalue weighted by Crippen LogP contribution is 2.48. The molecule has 2 aliphatic rings. The van der Waals surface area contributed by atoms with Crippen LogP contribution in [0.2, 0.25) is 0 Å². The van der Waals surface area contributed by atoms with E-state index in [-0.39, 0.29) is 12.4 Å². The third-order valence-electron chi connectivity index (χ3n) is 4.93. The van der Waals surface area contributed by atoms with E-state index in [1.165, 1.54) is 25.7 Å². The second-order valence-corrected chi connectivity index (χ2v) is 6.36. The normalized spacial score (nSPS) is 24.8. The molecule has 23 heavy (non-hydrogen) atoms. The minimum Gasteiger partial charge on any atom is -1.00 e. The first-order chi connectivity index (χ1) is 10.7. The van der Waals surface area contributed by atoms with Crippen molar-refractivity contribution in [3.05, 3.63) is 12.1 Å². The summed E-state index contributed by atoms with van der Waals surface area (Å²) in [6.07, 6.45) is 5.10. The van der Waals surface area contributed by atoms with Crippen molar-refractivity contribution in [3.63, 3.8) is 0 Å². The van der Waals surface area contributed by atoms with Gasteiger partial charge in [0, 0.05) is 6.07 Å². The summed E-state index contributed by atoms with van der Waals surface area (Å²) in [6, 6.07) is 3.68. The van der Waals surface area contributed by atoms with Gasteiger partial charge in [0.1, 0.15) is 5.69 Å². The molecular formula is C16H25ClN4O2. The molecule has 128 valence electrons. The van der Waals surface area contributed by atoms with Crippen molar-refractivity contribution in [3.8, 4) is 0 Å². The smallest absolute Gasteiger partial charge is 0.411 e. The second-order valence-electron chi connectivity index (χ2n) is 6.36. The summed E-state index contributed by atoms with van der Waals surface area (Å²) in [7, 11) is 0. The summed E-state index contributed by atoms with van der Waals surface area (Å²) < 4.78 is 4.84. The molecule has 5 N–H and O–H groups in total. The summed E-state index contributed by atoms with van der Waals surface area (Å²) in [5.74, 6) is 3.95. The van der Waals surface area contributed by atoms with Crippen LogP contribution in [0.5, 0.6) is 0 Å². The van der Waals surface area contributed by atoms with Crippen LogP contribution in [0.25, 0.3) is 0 Å². The number of aromatic nitrogens is 1. The molecule has 0 aliphatic heterocycles. The molecule has 2 bridgehead atoms. The number of aromatic amines is 1. The number of pyridine rings is 1. The van der Waals surface area contributed by atoms with Crippen molar-refractivity contribution in [2.24, 2.45) is 17.8 Å². The molecule has 1 amide bonds. The topological polar surface area (TPSA) is 90.5 Å². The van der Waals surface area contributed by atoms with Crippen LogP contribution in [0.4, 0.5) is 22.1 Å². The Kier molecular flexibility index (Phi) is 5.93. The quantitative estimate of drug-likeness (QED) is 0.674. The molecule has 0 spiro atoms. The van der Waals surface area contributed by atoms with E-state index < -0.39 is 6.09 Å². The van der Waals surface area contributed by atoms with Gasteiger partial charge in [-0.25, -0.2) is 9.78 Å². The number of nitrogens with one attached hydrogen (secondary N) is 3. The fourth-order valence-electron chi connectivity index (χ4n) is 3.87. The number of nitrogen functional groups attached to an aromatic ring is 1. The van der Waals surface area contributed by atoms with Gasteiger partial charge < -0.3 is 28.2 Å². The average molecular weight is 341 g/mol. The van der Waals surface area contributed by atoms with E-state index in [0.29, 0.717) is 18.1 Å². The van der Waals surface area contributed by atoms with Gasteiger partial charge in [0.2, 0.25) is 11.6 Å². The predicted octanol–water partition coefficient (Wildman–Crippen LogP) is -0.497. The zero-order valence-corrected chi connectivity index (χ0v) is 14.2. The van der Waals surface area contributed by atoms with Crippen LogP contribution in [-0.2, 0) is 4.74 Å². The van der Waals surface area contributed by atoms with Crippen molar-refractivity contribution < 1.29 is 26.9 Å². The number of hydrogen-bond donors (Lipinski definition) is 3. The number of fused-ring (bicyclic) bond motifs is 2. The maximum absolute atomic E-state index is 11.4. The van der Waals surface area contributed by atoms with Crippen LogP contribution < -0.4 is 33.8 Å². The fourth-order valence-corrected chi connectivity index (χ4v) is 3.87. The van der Waals surface area contributed by atoms with E-state index in [4.69, 9.17) is 10.5 Å². The average Bonchev–Trinajstić information content (AvgIpc) is 3.10. The number of amides is 1. The van der Waals surface area contributed by atoms with Gasteiger partial charge in [-0.2, -0.15) is 0 Å². The van der Waals surface area contributed by atoms with E-state index >= 15 is 0 Å². The molecule has 3 atom stereocenters. The SMILES string of the molecule is CCOC(=O)Nc1ccc(NCC2CC3CCC2C3)[nH+]c1N.[Cl-]. The number of halogens is 1. The molecule has 1 heterocycles. The van der Waals surface area contributed by atoms with Gasteiger partial charge in [-0.1, -0.05) is 6.42 Å². The van der Waals surface area contributed by atoms with Crippen LogP contribution >= 0.6 is 0 Å². The molecule has 2 aliphatic carbocycles. The van der Waals surface area contributed by atoms with Crippen LogP contribution in [0, 0.1) is 17.8 Å². The summed E-state index contributed by atoms with van der Waals surface area (Å²) >= 11 is 0. The molecule has 1 aromatic heterocycles. The summed E-state index contributed by atoms with van der Waals surface area (Å²) in [5.41, 5.74) is 6.48. The minimum absolute atomic E-state index is 0. The van der Waals surface area contributed by atoms with Gasteiger partial charge in [0.25, 0.3) is 0 Å². The number of anilines is 3. The predicted molar refractivity (Wildman–Crippen MR) is 85.5 cm³/mol. The van der Waals surface area contributed by atoms with Crippen LogP contribution in [0.1, 0.15) is 32.6 Å². The number of carbonyl (C=O) groups excluding carboxylic acids is 1. The largest absolute Gasteiger partial charge is 1.00 e. The molecule has 2 fully saturated rings. The molecule has 0 saturated heterocycles. The maximum Gasteiger partial charge on any atom is 0.411 e. The molecular weight excluding hydrogens is 316 g/mol. The Morgan fingerprint density at radius 1 is 1.39 bits per heavy atom. The van der Waals surface area contributed by atoms with Crippen LogP contribution in [0.15, 0.2) is 12.1 Å². The highest BCUT2D eigenvalue weighted by molar-refractivity contribution is 5.87. The second kappa shape index (κ2) is 7.73. The minimum atomic E-state index is -0.495. The lowest BCUT2D eigenvalue weighted by atomic mass is 9.89. The van der Waals surface area contributed by atoms with Gasteiger partial charge in [-0.3, -0.25) is 5.32 Å². The molecule has 1 aromatic rings. The Morgan fingerprint density at radius 2 is 2.22 bits per heavy atom. The molecule has 7 heteroatoms. The summed E-state index contributed by atoms with van der Waals surface area (Å²) in [5, 5.41) is 6.05. The Hall–Kier alpha value is -1.69. The number of ether oxygens (including phenoxy) is 1.